The number of nitrogens with zero attached hydrogens (tertiary/aromatic N) is 4. The van der Waals surface area contributed by atoms with E-state index in [0.717, 1.165) is 0 Å². The first-order chi connectivity index (χ1) is 10.8. The Morgan fingerprint density at radius 3 is 2.57 bits per heavy atom. The largest absolute Gasteiger partial charge is 0.349 e. The van der Waals surface area contributed by atoms with Gasteiger partial charge in [0.15, 0.2) is 0 Å². The number of aromatic nitrogens is 4. The number of alkyl halides is 4. The maximum Gasteiger partial charge on any atom is 0.283 e. The van der Waals surface area contributed by atoms with Crippen LogP contribution in [0.3, 0.4) is 0 Å². The Balaban J connectivity index is 2.11. The number of amides is 1. The lowest BCUT2D eigenvalue weighted by molar-refractivity contribution is -0.122. The van der Waals surface area contributed by atoms with Crippen molar-refractivity contribution >= 4 is 17.5 Å². The zero-order valence-electron chi connectivity index (χ0n) is 11.8. The summed E-state index contributed by atoms with van der Waals surface area (Å²) in [4.78, 5) is 11.8. The lowest BCUT2D eigenvalue weighted by Crippen LogP contribution is -2.29. The molecule has 0 atom stereocenters. The van der Waals surface area contributed by atoms with E-state index >= 15 is 0 Å². The molecule has 0 aromatic carbocycles. The van der Waals surface area contributed by atoms with Crippen molar-refractivity contribution < 1.29 is 22.4 Å². The summed E-state index contributed by atoms with van der Waals surface area (Å²) >= 11 is 5.50. The molecule has 0 aliphatic carbocycles. The van der Waals surface area contributed by atoms with Crippen LogP contribution < -0.4 is 5.32 Å². The molecule has 126 valence electrons. The number of hydrogen-bond acceptors (Lipinski definition) is 3. The minimum Gasteiger partial charge on any atom is -0.349 e. The molecule has 2 aromatic rings. The molecule has 1 amide bonds. The zero-order chi connectivity index (χ0) is 17.1. The highest BCUT2D eigenvalue weighted by Gasteiger charge is 2.28. The predicted octanol–water partition coefficient (Wildman–Crippen LogP) is 2.46. The van der Waals surface area contributed by atoms with Crippen molar-refractivity contribution in [2.45, 2.75) is 25.9 Å². The number of aryl methyl sites for hydroxylation is 1. The van der Waals surface area contributed by atoms with Gasteiger partial charge >= 0.3 is 0 Å². The van der Waals surface area contributed by atoms with Gasteiger partial charge in [-0.15, -0.1) is 0 Å². The monoisotopic (exact) mass is 353 g/mol. The van der Waals surface area contributed by atoms with Crippen LogP contribution in [-0.4, -0.2) is 25.5 Å². The average Bonchev–Trinajstić information content (AvgIpc) is 3.00. The quantitative estimate of drug-likeness (QED) is 0.811. The third-order valence-electron chi connectivity index (χ3n) is 3.05. The van der Waals surface area contributed by atoms with Crippen LogP contribution >= 0.6 is 11.6 Å². The highest BCUT2D eigenvalue weighted by molar-refractivity contribution is 6.32. The maximum absolute atomic E-state index is 12.9. The van der Waals surface area contributed by atoms with Crippen LogP contribution in [0, 0.1) is 0 Å². The molecule has 2 heterocycles. The van der Waals surface area contributed by atoms with Crippen LogP contribution in [0.2, 0.25) is 5.02 Å². The molecule has 2 rings (SSSR count). The summed E-state index contributed by atoms with van der Waals surface area (Å²) in [7, 11) is 1.67. The molecular formula is C12H12ClF4N5O. The predicted molar refractivity (Wildman–Crippen MR) is 72.2 cm³/mol. The second kappa shape index (κ2) is 6.99. The van der Waals surface area contributed by atoms with Gasteiger partial charge in [-0.2, -0.15) is 10.2 Å². The second-order valence-corrected chi connectivity index (χ2v) is 4.94. The van der Waals surface area contributed by atoms with Gasteiger partial charge in [-0.3, -0.25) is 14.2 Å². The molecular weight excluding hydrogens is 342 g/mol. The Kier molecular flexibility index (Phi) is 5.24. The van der Waals surface area contributed by atoms with Crippen molar-refractivity contribution in [3.8, 4) is 0 Å². The molecule has 0 unspecified atom stereocenters. The van der Waals surface area contributed by atoms with Crippen LogP contribution in [0.25, 0.3) is 0 Å². The van der Waals surface area contributed by atoms with Gasteiger partial charge in [0.2, 0.25) is 5.91 Å². The van der Waals surface area contributed by atoms with Gasteiger partial charge in [0, 0.05) is 13.2 Å². The summed E-state index contributed by atoms with van der Waals surface area (Å²) in [5.74, 6) is -0.673. The fraction of sp³-hybridized carbons (Fsp3) is 0.417. The highest BCUT2D eigenvalue weighted by Crippen LogP contribution is 2.34. The van der Waals surface area contributed by atoms with E-state index in [1.165, 1.54) is 10.9 Å². The molecule has 0 aliphatic heterocycles. The van der Waals surface area contributed by atoms with Gasteiger partial charge in [0.25, 0.3) is 12.9 Å². The molecule has 0 aliphatic rings. The SMILES string of the molecule is Cn1nccc1CNC(=O)Cn1nc(C(F)F)c(Cl)c1C(F)F. The van der Waals surface area contributed by atoms with Gasteiger partial charge in [0.1, 0.15) is 17.9 Å². The molecule has 0 spiro atoms. The molecule has 0 bridgehead atoms. The van der Waals surface area contributed by atoms with E-state index in [1.807, 2.05) is 0 Å². The van der Waals surface area contributed by atoms with Crippen molar-refractivity contribution in [1.82, 2.24) is 24.9 Å². The number of nitrogens with one attached hydrogen (secondary N) is 1. The Morgan fingerprint density at radius 2 is 2.04 bits per heavy atom. The average molecular weight is 354 g/mol. The second-order valence-electron chi connectivity index (χ2n) is 4.57. The minimum atomic E-state index is -3.13. The molecule has 0 radical (unpaired) electrons. The van der Waals surface area contributed by atoms with Crippen molar-refractivity contribution in [2.24, 2.45) is 7.05 Å². The number of carbonyl (C=O) groups is 1. The molecule has 2 aromatic heterocycles. The van der Waals surface area contributed by atoms with Crippen LogP contribution in [0.1, 0.15) is 29.9 Å². The van der Waals surface area contributed by atoms with Crippen molar-refractivity contribution in [2.75, 3.05) is 0 Å². The number of hydrogen-bond donors (Lipinski definition) is 1. The fourth-order valence-corrected chi connectivity index (χ4v) is 2.20. The molecule has 23 heavy (non-hydrogen) atoms. The standard InChI is InChI=1S/C12H12ClF4N5O/c1-21-6(2-3-19-21)4-18-7(23)5-22-10(12(16)17)8(13)9(20-22)11(14)15/h2-3,11-12H,4-5H2,1H3,(H,18,23). The van der Waals surface area contributed by atoms with Crippen LogP contribution in [0.15, 0.2) is 12.3 Å². The van der Waals surface area contributed by atoms with Gasteiger partial charge < -0.3 is 5.32 Å². The van der Waals surface area contributed by atoms with Gasteiger partial charge in [0.05, 0.1) is 17.3 Å². The van der Waals surface area contributed by atoms with Gasteiger partial charge in [-0.05, 0) is 6.07 Å². The van der Waals surface area contributed by atoms with E-state index < -0.39 is 41.7 Å². The first-order valence-corrected chi connectivity index (χ1v) is 6.75. The highest BCUT2D eigenvalue weighted by atomic mass is 35.5. The molecule has 11 heteroatoms. The summed E-state index contributed by atoms with van der Waals surface area (Å²) in [6.07, 6.45) is -4.72. The topological polar surface area (TPSA) is 64.7 Å². The molecule has 0 saturated carbocycles. The minimum absolute atomic E-state index is 0.107. The summed E-state index contributed by atoms with van der Waals surface area (Å²) < 4.78 is 53.3. The first-order valence-electron chi connectivity index (χ1n) is 6.37. The van der Waals surface area contributed by atoms with E-state index in [2.05, 4.69) is 15.5 Å². The first kappa shape index (κ1) is 17.3. The van der Waals surface area contributed by atoms with Gasteiger partial charge in [-0.25, -0.2) is 17.6 Å². The molecule has 0 saturated heterocycles. The van der Waals surface area contributed by atoms with Crippen LogP contribution in [0.4, 0.5) is 17.6 Å². The number of carbonyl (C=O) groups excluding carboxylic acids is 1. The lowest BCUT2D eigenvalue weighted by Gasteiger charge is -2.08. The summed E-state index contributed by atoms with van der Waals surface area (Å²) in [5, 5.41) is 8.85. The summed E-state index contributed by atoms with van der Waals surface area (Å²) in [5.41, 5.74) is -1.20. The van der Waals surface area contributed by atoms with E-state index in [9.17, 15) is 22.4 Å². The van der Waals surface area contributed by atoms with E-state index in [1.54, 1.807) is 13.1 Å². The van der Waals surface area contributed by atoms with Crippen molar-refractivity contribution in [3.63, 3.8) is 0 Å². The fourth-order valence-electron chi connectivity index (χ4n) is 1.90. The van der Waals surface area contributed by atoms with E-state index in [0.29, 0.717) is 10.4 Å². The summed E-state index contributed by atoms with van der Waals surface area (Å²) in [6.45, 7) is -0.542. The smallest absolute Gasteiger partial charge is 0.283 e. The molecule has 1 N–H and O–H groups in total. The number of halogens is 5. The third-order valence-corrected chi connectivity index (χ3v) is 3.44. The molecule has 0 fully saturated rings. The zero-order valence-corrected chi connectivity index (χ0v) is 12.6. The normalized spacial score (nSPS) is 11.5. The van der Waals surface area contributed by atoms with E-state index in [4.69, 9.17) is 11.6 Å². The maximum atomic E-state index is 12.9. The van der Waals surface area contributed by atoms with Gasteiger partial charge in [-0.1, -0.05) is 11.6 Å². The Labute approximate surface area is 133 Å². The molecule has 6 nitrogen and oxygen atoms in total. The van der Waals surface area contributed by atoms with Crippen molar-refractivity contribution in [3.05, 3.63) is 34.4 Å². The Hall–Kier alpha value is -2.10. The van der Waals surface area contributed by atoms with Crippen LogP contribution in [-0.2, 0) is 24.9 Å². The van der Waals surface area contributed by atoms with Crippen molar-refractivity contribution in [1.29, 1.82) is 0 Å². The Bertz CT molecular complexity index is 700. The lowest BCUT2D eigenvalue weighted by atomic mass is 10.3. The summed E-state index contributed by atoms with van der Waals surface area (Å²) in [6, 6.07) is 1.66. The van der Waals surface area contributed by atoms with E-state index in [-0.39, 0.29) is 6.54 Å². The number of rotatable bonds is 6. The third kappa shape index (κ3) is 3.81. The Morgan fingerprint density at radius 1 is 1.35 bits per heavy atom. The van der Waals surface area contributed by atoms with Crippen LogP contribution in [0.5, 0.6) is 0 Å².